The Morgan fingerprint density at radius 1 is 1.18 bits per heavy atom. The third-order valence-corrected chi connectivity index (χ3v) is 5.15. The first-order valence-corrected chi connectivity index (χ1v) is 8.65. The Labute approximate surface area is 134 Å². The summed E-state index contributed by atoms with van der Waals surface area (Å²) in [7, 11) is 0. The summed E-state index contributed by atoms with van der Waals surface area (Å²) in [6, 6.07) is 10.6. The van der Waals surface area contributed by atoms with E-state index in [4.69, 9.17) is 4.98 Å². The maximum absolute atomic E-state index is 4.91. The van der Waals surface area contributed by atoms with E-state index in [-0.39, 0.29) is 0 Å². The van der Waals surface area contributed by atoms with E-state index in [2.05, 4.69) is 57.3 Å². The second kappa shape index (κ2) is 5.83. The number of aryl methyl sites for hydroxylation is 1. The quantitative estimate of drug-likeness (QED) is 0.807. The van der Waals surface area contributed by atoms with Crippen LogP contribution >= 0.6 is 11.3 Å². The van der Waals surface area contributed by atoms with E-state index in [0.29, 0.717) is 0 Å². The van der Waals surface area contributed by atoms with Gasteiger partial charge >= 0.3 is 0 Å². The van der Waals surface area contributed by atoms with Crippen LogP contribution in [0.25, 0.3) is 16.2 Å². The van der Waals surface area contributed by atoms with Gasteiger partial charge in [-0.15, -0.1) is 11.3 Å². The van der Waals surface area contributed by atoms with Gasteiger partial charge in [-0.1, -0.05) is 12.1 Å². The normalized spacial score (nSPS) is 16.4. The van der Waals surface area contributed by atoms with E-state index in [1.54, 1.807) is 11.3 Å². The fourth-order valence-corrected chi connectivity index (χ4v) is 3.90. The van der Waals surface area contributed by atoms with Gasteiger partial charge in [0.15, 0.2) is 0 Å². The highest BCUT2D eigenvalue weighted by Crippen LogP contribution is 2.30. The van der Waals surface area contributed by atoms with Gasteiger partial charge in [0.25, 0.3) is 0 Å². The molecule has 1 fully saturated rings. The number of piperazine rings is 1. The third-order valence-electron chi connectivity index (χ3n) is 4.27. The lowest BCUT2D eigenvalue weighted by atomic mass is 10.2. The molecule has 4 rings (SSSR count). The molecule has 1 N–H and O–H groups in total. The minimum absolute atomic E-state index is 0.959. The Kier molecular flexibility index (Phi) is 3.70. The highest BCUT2D eigenvalue weighted by Gasteiger charge is 2.19. The topological polar surface area (TPSA) is 32.6 Å². The van der Waals surface area contributed by atoms with Crippen LogP contribution < -0.4 is 5.32 Å². The van der Waals surface area contributed by atoms with Crippen LogP contribution in [0.15, 0.2) is 35.7 Å². The van der Waals surface area contributed by atoms with Gasteiger partial charge in [-0.05, 0) is 30.5 Å². The summed E-state index contributed by atoms with van der Waals surface area (Å²) in [5, 5.41) is 5.55. The molecule has 1 aliphatic heterocycles. The fraction of sp³-hybridized carbons (Fsp3) is 0.353. The van der Waals surface area contributed by atoms with Gasteiger partial charge in [0.1, 0.15) is 11.3 Å². The van der Waals surface area contributed by atoms with Gasteiger partial charge in [-0.2, -0.15) is 0 Å². The van der Waals surface area contributed by atoms with Crippen molar-refractivity contribution in [3.05, 3.63) is 47.1 Å². The first-order chi connectivity index (χ1) is 10.8. The first kappa shape index (κ1) is 13.9. The van der Waals surface area contributed by atoms with Gasteiger partial charge < -0.3 is 5.32 Å². The van der Waals surface area contributed by atoms with E-state index in [0.717, 1.165) is 44.1 Å². The van der Waals surface area contributed by atoms with E-state index in [1.165, 1.54) is 16.3 Å². The van der Waals surface area contributed by atoms with Crippen molar-refractivity contribution < 1.29 is 0 Å². The molecule has 0 radical (unpaired) electrons. The second-order valence-corrected chi connectivity index (χ2v) is 6.72. The first-order valence-electron chi connectivity index (χ1n) is 7.77. The predicted octanol–water partition coefficient (Wildman–Crippen LogP) is 2.78. The largest absolute Gasteiger partial charge is 0.314 e. The van der Waals surface area contributed by atoms with Gasteiger partial charge in [0, 0.05) is 38.4 Å². The van der Waals surface area contributed by atoms with Crippen LogP contribution in [-0.2, 0) is 6.54 Å². The Morgan fingerprint density at radius 2 is 2.05 bits per heavy atom. The molecule has 22 heavy (non-hydrogen) atoms. The van der Waals surface area contributed by atoms with Crippen molar-refractivity contribution in [1.29, 1.82) is 0 Å². The molecule has 0 unspecified atom stereocenters. The number of imidazole rings is 1. The van der Waals surface area contributed by atoms with Crippen molar-refractivity contribution >= 4 is 17.0 Å². The van der Waals surface area contributed by atoms with E-state index in [9.17, 15) is 0 Å². The Balaban J connectivity index is 1.83. The van der Waals surface area contributed by atoms with Crippen LogP contribution in [0.2, 0.25) is 0 Å². The third kappa shape index (κ3) is 2.45. The maximum Gasteiger partial charge on any atom is 0.137 e. The molecule has 3 aromatic rings. The predicted molar refractivity (Wildman–Crippen MR) is 91.4 cm³/mol. The molecule has 114 valence electrons. The molecule has 4 nitrogen and oxygen atoms in total. The molecular weight excluding hydrogens is 292 g/mol. The molecule has 3 aromatic heterocycles. The van der Waals surface area contributed by atoms with Crippen molar-refractivity contribution in [2.24, 2.45) is 0 Å². The molecule has 4 heterocycles. The van der Waals surface area contributed by atoms with Crippen molar-refractivity contribution in [3.63, 3.8) is 0 Å². The van der Waals surface area contributed by atoms with Gasteiger partial charge in [0.2, 0.25) is 0 Å². The number of pyridine rings is 1. The lowest BCUT2D eigenvalue weighted by molar-refractivity contribution is 0.230. The summed E-state index contributed by atoms with van der Waals surface area (Å²) in [6.45, 7) is 7.47. The summed E-state index contributed by atoms with van der Waals surface area (Å²) in [6.07, 6.45) is 0. The minimum atomic E-state index is 0.959. The number of thiophene rings is 1. The van der Waals surface area contributed by atoms with Gasteiger partial charge in [-0.3, -0.25) is 9.30 Å². The number of hydrogen-bond acceptors (Lipinski definition) is 4. The van der Waals surface area contributed by atoms with Crippen molar-refractivity contribution in [2.45, 2.75) is 13.5 Å². The van der Waals surface area contributed by atoms with Crippen molar-refractivity contribution in [1.82, 2.24) is 19.6 Å². The van der Waals surface area contributed by atoms with Gasteiger partial charge in [-0.25, -0.2) is 4.98 Å². The number of fused-ring (bicyclic) bond motifs is 1. The molecule has 5 heteroatoms. The summed E-state index contributed by atoms with van der Waals surface area (Å²) < 4.78 is 2.32. The Bertz CT molecular complexity index is 769. The minimum Gasteiger partial charge on any atom is -0.314 e. The molecular formula is C17H20N4S. The molecule has 1 aliphatic rings. The molecule has 0 aliphatic carbocycles. The average molecular weight is 312 g/mol. The lowest BCUT2D eigenvalue weighted by Gasteiger charge is -2.27. The van der Waals surface area contributed by atoms with Crippen LogP contribution in [0.3, 0.4) is 0 Å². The Hall–Kier alpha value is -1.69. The van der Waals surface area contributed by atoms with Crippen LogP contribution in [-0.4, -0.2) is 40.5 Å². The second-order valence-electron chi connectivity index (χ2n) is 5.77. The highest BCUT2D eigenvalue weighted by molar-refractivity contribution is 7.13. The monoisotopic (exact) mass is 312 g/mol. The zero-order valence-electron chi connectivity index (χ0n) is 12.7. The zero-order chi connectivity index (χ0) is 14.9. The molecule has 0 spiro atoms. The number of nitrogens with one attached hydrogen (secondary N) is 1. The van der Waals surface area contributed by atoms with Crippen LogP contribution in [0.4, 0.5) is 0 Å². The average Bonchev–Trinajstić information content (AvgIpc) is 3.17. The summed E-state index contributed by atoms with van der Waals surface area (Å²) in [4.78, 5) is 8.69. The maximum atomic E-state index is 4.91. The standard InChI is InChI=1S/C17H20N4S/c1-13-4-2-6-16-19-17(15-5-3-11-22-15)14(21(13)16)12-20-9-7-18-8-10-20/h2-6,11,18H,7-10,12H2,1H3. The fourth-order valence-electron chi connectivity index (χ4n) is 3.16. The molecule has 0 amide bonds. The highest BCUT2D eigenvalue weighted by atomic mass is 32.1. The number of rotatable bonds is 3. The molecule has 1 saturated heterocycles. The summed E-state index contributed by atoms with van der Waals surface area (Å²) in [5.74, 6) is 0. The van der Waals surface area contributed by atoms with Crippen LogP contribution in [0.1, 0.15) is 11.4 Å². The zero-order valence-corrected chi connectivity index (χ0v) is 13.6. The number of nitrogens with zero attached hydrogens (tertiary/aromatic N) is 3. The van der Waals surface area contributed by atoms with Gasteiger partial charge in [0.05, 0.1) is 10.6 Å². The number of hydrogen-bond donors (Lipinski definition) is 1. The Morgan fingerprint density at radius 3 is 2.82 bits per heavy atom. The summed E-state index contributed by atoms with van der Waals surface area (Å²) >= 11 is 1.77. The van der Waals surface area contributed by atoms with E-state index in [1.807, 2.05) is 0 Å². The SMILES string of the molecule is Cc1cccc2nc(-c3cccs3)c(CN3CCNCC3)n12. The van der Waals surface area contributed by atoms with Crippen LogP contribution in [0.5, 0.6) is 0 Å². The summed E-state index contributed by atoms with van der Waals surface area (Å²) in [5.41, 5.74) is 4.76. The van der Waals surface area contributed by atoms with E-state index >= 15 is 0 Å². The van der Waals surface area contributed by atoms with Crippen molar-refractivity contribution in [2.75, 3.05) is 26.2 Å². The molecule has 0 saturated carbocycles. The smallest absolute Gasteiger partial charge is 0.137 e. The lowest BCUT2D eigenvalue weighted by Crippen LogP contribution is -2.43. The molecule has 0 aromatic carbocycles. The molecule has 0 atom stereocenters. The molecule has 0 bridgehead atoms. The van der Waals surface area contributed by atoms with Crippen molar-refractivity contribution in [3.8, 4) is 10.6 Å². The number of aromatic nitrogens is 2. The van der Waals surface area contributed by atoms with E-state index < -0.39 is 0 Å². The van der Waals surface area contributed by atoms with Crippen LogP contribution in [0, 0.1) is 6.92 Å².